The number of halogens is 1. The standard InChI is InChI=1S/C15H13FN2O2/c16-13-8-12(6-7-14(13)19)10-17-18-15(20)9-11-4-2-1-3-5-11/h1-8,10,19H,9H2,(H,18,20)/b17-10+. The topological polar surface area (TPSA) is 61.7 Å². The average Bonchev–Trinajstić information content (AvgIpc) is 2.44. The van der Waals surface area contributed by atoms with Gasteiger partial charge in [0.1, 0.15) is 0 Å². The molecule has 0 aliphatic carbocycles. The third-order valence-corrected chi connectivity index (χ3v) is 2.58. The van der Waals surface area contributed by atoms with E-state index in [0.717, 1.165) is 11.6 Å². The molecule has 0 spiro atoms. The zero-order chi connectivity index (χ0) is 14.4. The highest BCUT2D eigenvalue weighted by atomic mass is 19.1. The summed E-state index contributed by atoms with van der Waals surface area (Å²) in [5.74, 6) is -1.41. The van der Waals surface area contributed by atoms with Gasteiger partial charge in [0.25, 0.3) is 0 Å². The first-order valence-electron chi connectivity index (χ1n) is 5.99. The third-order valence-electron chi connectivity index (χ3n) is 2.58. The van der Waals surface area contributed by atoms with Crippen LogP contribution < -0.4 is 5.43 Å². The molecule has 4 nitrogen and oxygen atoms in total. The van der Waals surface area contributed by atoms with Gasteiger partial charge in [-0.2, -0.15) is 5.10 Å². The molecule has 2 aromatic rings. The minimum Gasteiger partial charge on any atom is -0.505 e. The maximum Gasteiger partial charge on any atom is 0.244 e. The summed E-state index contributed by atoms with van der Waals surface area (Å²) in [6, 6.07) is 13.1. The van der Waals surface area contributed by atoms with Gasteiger partial charge in [0.2, 0.25) is 5.91 Å². The molecule has 0 atom stereocenters. The highest BCUT2D eigenvalue weighted by molar-refractivity contribution is 5.83. The van der Waals surface area contributed by atoms with Crippen molar-refractivity contribution in [3.05, 3.63) is 65.5 Å². The zero-order valence-corrected chi connectivity index (χ0v) is 10.6. The number of amides is 1. The first-order valence-corrected chi connectivity index (χ1v) is 5.99. The second-order valence-electron chi connectivity index (χ2n) is 4.17. The minimum absolute atomic E-state index is 0.224. The normalized spacial score (nSPS) is 10.7. The van der Waals surface area contributed by atoms with Crippen LogP contribution in [0.3, 0.4) is 0 Å². The number of hydrogen-bond acceptors (Lipinski definition) is 3. The lowest BCUT2D eigenvalue weighted by atomic mass is 10.1. The van der Waals surface area contributed by atoms with Crippen LogP contribution in [-0.2, 0) is 11.2 Å². The number of benzene rings is 2. The molecule has 20 heavy (non-hydrogen) atoms. The molecule has 5 heteroatoms. The SMILES string of the molecule is O=C(Cc1ccccc1)N/N=C/c1ccc(O)c(F)c1. The lowest BCUT2D eigenvalue weighted by molar-refractivity contribution is -0.120. The van der Waals surface area contributed by atoms with Gasteiger partial charge in [0.05, 0.1) is 12.6 Å². The van der Waals surface area contributed by atoms with Crippen molar-refractivity contribution in [2.24, 2.45) is 5.10 Å². The van der Waals surface area contributed by atoms with E-state index < -0.39 is 11.6 Å². The number of carbonyl (C=O) groups excluding carboxylic acids is 1. The van der Waals surface area contributed by atoms with Crippen molar-refractivity contribution in [1.29, 1.82) is 0 Å². The molecular weight excluding hydrogens is 259 g/mol. The Bertz CT molecular complexity index is 627. The maximum absolute atomic E-state index is 13.1. The molecule has 102 valence electrons. The van der Waals surface area contributed by atoms with E-state index in [-0.39, 0.29) is 12.3 Å². The van der Waals surface area contributed by atoms with Crippen molar-refractivity contribution < 1.29 is 14.3 Å². The molecule has 0 radical (unpaired) electrons. The van der Waals surface area contributed by atoms with Gasteiger partial charge in [-0.3, -0.25) is 4.79 Å². The molecule has 0 saturated heterocycles. The summed E-state index contributed by atoms with van der Waals surface area (Å²) in [6.45, 7) is 0. The fourth-order valence-corrected chi connectivity index (χ4v) is 1.60. The van der Waals surface area contributed by atoms with Gasteiger partial charge in [0.15, 0.2) is 11.6 Å². The van der Waals surface area contributed by atoms with Gasteiger partial charge in [-0.1, -0.05) is 30.3 Å². The smallest absolute Gasteiger partial charge is 0.244 e. The van der Waals surface area contributed by atoms with Crippen LogP contribution in [0.1, 0.15) is 11.1 Å². The molecule has 2 aromatic carbocycles. The highest BCUT2D eigenvalue weighted by Gasteiger charge is 2.02. The lowest BCUT2D eigenvalue weighted by Gasteiger charge is -2.00. The van der Waals surface area contributed by atoms with Crippen molar-refractivity contribution >= 4 is 12.1 Å². The van der Waals surface area contributed by atoms with Crippen molar-refractivity contribution in [2.45, 2.75) is 6.42 Å². The third kappa shape index (κ3) is 3.91. The van der Waals surface area contributed by atoms with Gasteiger partial charge in [0, 0.05) is 0 Å². The summed E-state index contributed by atoms with van der Waals surface area (Å²) >= 11 is 0. The van der Waals surface area contributed by atoms with Crippen LogP contribution in [0.25, 0.3) is 0 Å². The Hall–Kier alpha value is -2.69. The van der Waals surface area contributed by atoms with Crippen LogP contribution in [0.4, 0.5) is 4.39 Å². The Morgan fingerprint density at radius 1 is 1.25 bits per heavy atom. The number of nitrogens with zero attached hydrogens (tertiary/aromatic N) is 1. The number of rotatable bonds is 4. The Kier molecular flexibility index (Phi) is 4.44. The molecular formula is C15H13FN2O2. The van der Waals surface area contributed by atoms with E-state index in [1.165, 1.54) is 18.3 Å². The number of aromatic hydroxyl groups is 1. The molecule has 0 saturated carbocycles. The Morgan fingerprint density at radius 2 is 2.00 bits per heavy atom. The van der Waals surface area contributed by atoms with Crippen LogP contribution in [0.5, 0.6) is 5.75 Å². The van der Waals surface area contributed by atoms with Crippen LogP contribution in [-0.4, -0.2) is 17.2 Å². The van der Waals surface area contributed by atoms with Crippen molar-refractivity contribution in [3.8, 4) is 5.75 Å². The first-order chi connectivity index (χ1) is 9.65. The van der Waals surface area contributed by atoms with E-state index in [4.69, 9.17) is 5.11 Å². The van der Waals surface area contributed by atoms with Crippen LogP contribution in [0, 0.1) is 5.82 Å². The van der Waals surface area contributed by atoms with Crippen LogP contribution in [0.2, 0.25) is 0 Å². The van der Waals surface area contributed by atoms with Gasteiger partial charge in [-0.25, -0.2) is 9.82 Å². The van der Waals surface area contributed by atoms with Crippen molar-refractivity contribution in [1.82, 2.24) is 5.43 Å². The molecule has 1 amide bonds. The number of phenols is 1. The Morgan fingerprint density at radius 3 is 2.70 bits per heavy atom. The van der Waals surface area contributed by atoms with Crippen LogP contribution in [0.15, 0.2) is 53.6 Å². The van der Waals surface area contributed by atoms with Gasteiger partial charge < -0.3 is 5.11 Å². The van der Waals surface area contributed by atoms with E-state index in [2.05, 4.69) is 10.5 Å². The largest absolute Gasteiger partial charge is 0.505 e. The van der Waals surface area contributed by atoms with E-state index in [1.807, 2.05) is 30.3 Å². The zero-order valence-electron chi connectivity index (χ0n) is 10.6. The minimum atomic E-state index is -0.732. The average molecular weight is 272 g/mol. The molecule has 0 aromatic heterocycles. The summed E-state index contributed by atoms with van der Waals surface area (Å²) in [6.07, 6.45) is 1.54. The van der Waals surface area contributed by atoms with Gasteiger partial charge in [-0.05, 0) is 29.3 Å². The fraction of sp³-hybridized carbons (Fsp3) is 0.0667. The number of carbonyl (C=O) groups is 1. The number of phenolic OH excluding ortho intramolecular Hbond substituents is 1. The number of nitrogens with one attached hydrogen (secondary N) is 1. The van der Waals surface area contributed by atoms with Crippen LogP contribution >= 0.6 is 0 Å². The molecule has 2 rings (SSSR count). The summed E-state index contributed by atoms with van der Waals surface area (Å²) in [4.78, 5) is 11.6. The molecule has 0 fully saturated rings. The lowest BCUT2D eigenvalue weighted by Crippen LogP contribution is -2.19. The van der Waals surface area contributed by atoms with Gasteiger partial charge >= 0.3 is 0 Å². The predicted molar refractivity (Wildman–Crippen MR) is 73.9 cm³/mol. The van der Waals surface area contributed by atoms with E-state index in [0.29, 0.717) is 5.56 Å². The van der Waals surface area contributed by atoms with E-state index >= 15 is 0 Å². The predicted octanol–water partition coefficient (Wildman–Crippen LogP) is 2.22. The summed E-state index contributed by atoms with van der Waals surface area (Å²) in [7, 11) is 0. The molecule has 0 bridgehead atoms. The highest BCUT2D eigenvalue weighted by Crippen LogP contribution is 2.14. The molecule has 0 aliphatic heterocycles. The van der Waals surface area contributed by atoms with Crippen molar-refractivity contribution in [3.63, 3.8) is 0 Å². The Balaban J connectivity index is 1.89. The molecule has 2 N–H and O–H groups in total. The molecule has 0 unspecified atom stereocenters. The summed E-state index contributed by atoms with van der Waals surface area (Å²) < 4.78 is 13.1. The number of hydrazone groups is 1. The quantitative estimate of drug-likeness (QED) is 0.662. The number of hydrogen-bond donors (Lipinski definition) is 2. The first kappa shape index (κ1) is 13.7. The fourth-order valence-electron chi connectivity index (χ4n) is 1.60. The second-order valence-corrected chi connectivity index (χ2v) is 4.17. The second kappa shape index (κ2) is 6.47. The monoisotopic (exact) mass is 272 g/mol. The van der Waals surface area contributed by atoms with Gasteiger partial charge in [-0.15, -0.1) is 0 Å². The Labute approximate surface area is 115 Å². The van der Waals surface area contributed by atoms with E-state index in [9.17, 15) is 9.18 Å². The van der Waals surface area contributed by atoms with Crippen molar-refractivity contribution in [2.75, 3.05) is 0 Å². The summed E-state index contributed by atoms with van der Waals surface area (Å²) in [5, 5.41) is 12.8. The molecule has 0 aliphatic rings. The molecule has 0 heterocycles. The maximum atomic E-state index is 13.1. The summed E-state index contributed by atoms with van der Waals surface area (Å²) in [5.41, 5.74) is 3.69. The van der Waals surface area contributed by atoms with E-state index in [1.54, 1.807) is 0 Å².